The third-order valence-electron chi connectivity index (χ3n) is 2.73. The summed E-state index contributed by atoms with van der Waals surface area (Å²) in [5, 5.41) is 2.98. The average molecular weight is 332 g/mol. The number of benzene rings is 1. The molecule has 1 unspecified atom stereocenters. The molecule has 108 valence electrons. The summed E-state index contributed by atoms with van der Waals surface area (Å²) in [6, 6.07) is 4.24. The molecular formula is C12H14ClN3O2S2. The number of anilines is 1. The highest BCUT2D eigenvalue weighted by atomic mass is 35.5. The Kier molecular flexibility index (Phi) is 4.64. The van der Waals surface area contributed by atoms with Crippen LogP contribution < -0.4 is 10.5 Å². The third-order valence-corrected chi connectivity index (χ3v) is 5.49. The van der Waals surface area contributed by atoms with E-state index in [4.69, 9.17) is 17.3 Å². The molecule has 0 radical (unpaired) electrons. The number of nitrogens with one attached hydrogen (secondary N) is 1. The minimum atomic E-state index is -3.60. The Morgan fingerprint density at radius 2 is 2.25 bits per heavy atom. The number of nitrogens with zero attached hydrogens (tertiary/aromatic N) is 1. The van der Waals surface area contributed by atoms with Crippen molar-refractivity contribution in [2.24, 2.45) is 0 Å². The fraction of sp³-hybridized carbons (Fsp3) is 0.250. The van der Waals surface area contributed by atoms with Crippen LogP contribution in [0.3, 0.4) is 0 Å². The molecule has 8 heteroatoms. The van der Waals surface area contributed by atoms with E-state index in [0.29, 0.717) is 5.69 Å². The van der Waals surface area contributed by atoms with Crippen LogP contribution in [0.25, 0.3) is 0 Å². The Morgan fingerprint density at radius 3 is 2.85 bits per heavy atom. The normalized spacial score (nSPS) is 13.3. The highest BCUT2D eigenvalue weighted by Crippen LogP contribution is 2.23. The van der Waals surface area contributed by atoms with Crippen LogP contribution in [0, 0.1) is 0 Å². The molecule has 1 heterocycles. The topological polar surface area (TPSA) is 85.1 Å². The zero-order chi connectivity index (χ0) is 14.8. The van der Waals surface area contributed by atoms with Gasteiger partial charge >= 0.3 is 0 Å². The zero-order valence-electron chi connectivity index (χ0n) is 10.7. The van der Waals surface area contributed by atoms with Gasteiger partial charge in [-0.3, -0.25) is 0 Å². The summed E-state index contributed by atoms with van der Waals surface area (Å²) >= 11 is 7.34. The smallest absolute Gasteiger partial charge is 0.240 e. The minimum Gasteiger partial charge on any atom is -0.398 e. The van der Waals surface area contributed by atoms with E-state index in [-0.39, 0.29) is 22.4 Å². The van der Waals surface area contributed by atoms with Crippen molar-refractivity contribution in [3.05, 3.63) is 39.8 Å². The maximum absolute atomic E-state index is 12.1. The molecule has 0 aliphatic rings. The van der Waals surface area contributed by atoms with E-state index < -0.39 is 10.0 Å². The standard InChI is InChI=1S/C12H14ClN3O2S2/c1-8(12-15-4-5-19-12)7-16-20(17,18)9-2-3-11(14)10(13)6-9/h2-6,8,16H,7,14H2,1H3. The van der Waals surface area contributed by atoms with Gasteiger partial charge in [0.25, 0.3) is 0 Å². The summed E-state index contributed by atoms with van der Waals surface area (Å²) in [5.74, 6) is 0.00836. The van der Waals surface area contributed by atoms with Crippen molar-refractivity contribution in [1.82, 2.24) is 9.71 Å². The van der Waals surface area contributed by atoms with Crippen LogP contribution in [0.1, 0.15) is 17.8 Å². The summed E-state index contributed by atoms with van der Waals surface area (Å²) in [6.07, 6.45) is 1.70. The van der Waals surface area contributed by atoms with Crippen molar-refractivity contribution in [3.63, 3.8) is 0 Å². The number of halogens is 1. The molecule has 5 nitrogen and oxygen atoms in total. The van der Waals surface area contributed by atoms with Crippen LogP contribution >= 0.6 is 22.9 Å². The second kappa shape index (κ2) is 6.09. The predicted molar refractivity (Wildman–Crippen MR) is 81.6 cm³/mol. The Labute approximate surface area is 126 Å². The van der Waals surface area contributed by atoms with Crippen molar-refractivity contribution in [2.75, 3.05) is 12.3 Å². The fourth-order valence-corrected chi connectivity index (χ4v) is 3.66. The number of nitrogen functional groups attached to an aromatic ring is 1. The Hall–Kier alpha value is -1.15. The zero-order valence-corrected chi connectivity index (χ0v) is 13.1. The first-order chi connectivity index (χ1) is 9.40. The first-order valence-corrected chi connectivity index (χ1v) is 8.58. The summed E-state index contributed by atoms with van der Waals surface area (Å²) < 4.78 is 26.8. The van der Waals surface area contributed by atoms with Crippen LogP contribution in [0.2, 0.25) is 5.02 Å². The van der Waals surface area contributed by atoms with Gasteiger partial charge < -0.3 is 5.73 Å². The fourth-order valence-electron chi connectivity index (χ4n) is 1.56. The van der Waals surface area contributed by atoms with Gasteiger partial charge in [0.15, 0.2) is 0 Å². The van der Waals surface area contributed by atoms with Gasteiger partial charge in [0.05, 0.1) is 20.6 Å². The molecule has 1 aromatic carbocycles. The molecule has 2 aromatic rings. The lowest BCUT2D eigenvalue weighted by Gasteiger charge is -2.11. The Bertz CT molecular complexity index is 687. The molecule has 1 aromatic heterocycles. The van der Waals surface area contributed by atoms with Crippen molar-refractivity contribution >= 4 is 38.6 Å². The number of hydrogen-bond acceptors (Lipinski definition) is 5. The third kappa shape index (κ3) is 3.49. The summed E-state index contributed by atoms with van der Waals surface area (Å²) in [5.41, 5.74) is 5.91. The maximum Gasteiger partial charge on any atom is 0.240 e. The summed E-state index contributed by atoms with van der Waals surface area (Å²) in [4.78, 5) is 4.26. The van der Waals surface area contributed by atoms with Gasteiger partial charge in [-0.1, -0.05) is 18.5 Å². The van der Waals surface area contributed by atoms with Crippen LogP contribution in [0.4, 0.5) is 5.69 Å². The molecule has 0 saturated heterocycles. The lowest BCUT2D eigenvalue weighted by Crippen LogP contribution is -2.27. The van der Waals surface area contributed by atoms with Gasteiger partial charge in [0, 0.05) is 24.0 Å². The van der Waals surface area contributed by atoms with Crippen molar-refractivity contribution < 1.29 is 8.42 Å². The van der Waals surface area contributed by atoms with Gasteiger partial charge in [-0.25, -0.2) is 18.1 Å². The van der Waals surface area contributed by atoms with Crippen molar-refractivity contribution in [2.45, 2.75) is 17.7 Å². The monoisotopic (exact) mass is 331 g/mol. The number of nitrogens with two attached hydrogens (primary N) is 1. The molecule has 0 amide bonds. The average Bonchev–Trinajstić information content (AvgIpc) is 2.93. The SMILES string of the molecule is CC(CNS(=O)(=O)c1ccc(N)c(Cl)c1)c1nccs1. The minimum absolute atomic E-state index is 0.00836. The van der Waals surface area contributed by atoms with E-state index >= 15 is 0 Å². The highest BCUT2D eigenvalue weighted by Gasteiger charge is 2.17. The molecule has 0 saturated carbocycles. The molecule has 1 atom stereocenters. The Morgan fingerprint density at radius 1 is 1.50 bits per heavy atom. The first-order valence-electron chi connectivity index (χ1n) is 5.84. The largest absolute Gasteiger partial charge is 0.398 e. The number of rotatable bonds is 5. The molecule has 3 N–H and O–H groups in total. The molecule has 0 fully saturated rings. The van der Waals surface area contributed by atoms with Crippen LogP contribution in [0.15, 0.2) is 34.7 Å². The lowest BCUT2D eigenvalue weighted by atomic mass is 10.2. The predicted octanol–water partition coefficient (Wildman–Crippen LogP) is 2.46. The second-order valence-electron chi connectivity index (χ2n) is 4.31. The van der Waals surface area contributed by atoms with Crippen LogP contribution in [0.5, 0.6) is 0 Å². The van der Waals surface area contributed by atoms with E-state index in [1.807, 2.05) is 12.3 Å². The van der Waals surface area contributed by atoms with E-state index in [1.165, 1.54) is 29.5 Å². The van der Waals surface area contributed by atoms with Gasteiger partial charge in [-0.2, -0.15) is 0 Å². The van der Waals surface area contributed by atoms with E-state index in [1.54, 1.807) is 6.20 Å². The molecule has 20 heavy (non-hydrogen) atoms. The Balaban J connectivity index is 2.09. The van der Waals surface area contributed by atoms with Gasteiger partial charge in [-0.15, -0.1) is 11.3 Å². The summed E-state index contributed by atoms with van der Waals surface area (Å²) in [6.45, 7) is 2.19. The highest BCUT2D eigenvalue weighted by molar-refractivity contribution is 7.89. The van der Waals surface area contributed by atoms with Crippen molar-refractivity contribution in [1.29, 1.82) is 0 Å². The maximum atomic E-state index is 12.1. The number of sulfonamides is 1. The second-order valence-corrected chi connectivity index (χ2v) is 7.41. The molecule has 0 aliphatic carbocycles. The lowest BCUT2D eigenvalue weighted by molar-refractivity contribution is 0.574. The molecule has 2 rings (SSSR count). The number of hydrogen-bond donors (Lipinski definition) is 2. The first kappa shape index (κ1) is 15.2. The van der Waals surface area contributed by atoms with Gasteiger partial charge in [-0.05, 0) is 18.2 Å². The quantitative estimate of drug-likeness (QED) is 0.824. The molecule has 0 aliphatic heterocycles. The van der Waals surface area contributed by atoms with Crippen LogP contribution in [-0.4, -0.2) is 19.9 Å². The molecule has 0 spiro atoms. The molecular weight excluding hydrogens is 318 g/mol. The van der Waals surface area contributed by atoms with E-state index in [0.717, 1.165) is 5.01 Å². The van der Waals surface area contributed by atoms with Crippen LogP contribution in [-0.2, 0) is 10.0 Å². The van der Waals surface area contributed by atoms with E-state index in [2.05, 4.69) is 9.71 Å². The van der Waals surface area contributed by atoms with Gasteiger partial charge in [0.1, 0.15) is 0 Å². The van der Waals surface area contributed by atoms with E-state index in [9.17, 15) is 8.42 Å². The van der Waals surface area contributed by atoms with Gasteiger partial charge in [0.2, 0.25) is 10.0 Å². The number of thiazole rings is 1. The van der Waals surface area contributed by atoms with Crippen molar-refractivity contribution in [3.8, 4) is 0 Å². The molecule has 0 bridgehead atoms. The summed E-state index contributed by atoms with van der Waals surface area (Å²) in [7, 11) is -3.60. The number of aromatic nitrogens is 1.